The molecule has 29 heavy (non-hydrogen) atoms. The smallest absolute Gasteiger partial charge is 0.236 e. The third-order valence-corrected chi connectivity index (χ3v) is 5.20. The van der Waals surface area contributed by atoms with E-state index in [4.69, 9.17) is 9.72 Å². The van der Waals surface area contributed by atoms with Gasteiger partial charge in [0.05, 0.1) is 18.8 Å². The Morgan fingerprint density at radius 3 is 2.83 bits per heavy atom. The first-order valence-corrected chi connectivity index (χ1v) is 10.3. The van der Waals surface area contributed by atoms with Crippen LogP contribution in [0.4, 0.5) is 11.5 Å². The summed E-state index contributed by atoms with van der Waals surface area (Å²) in [6.45, 7) is 11.9. The largest absolute Gasteiger partial charge is 0.369 e. The van der Waals surface area contributed by atoms with E-state index in [1.165, 1.54) is 0 Å². The monoisotopic (exact) mass is 397 g/mol. The van der Waals surface area contributed by atoms with E-state index in [0.29, 0.717) is 19.7 Å². The molecule has 3 heterocycles. The highest BCUT2D eigenvalue weighted by Gasteiger charge is 2.26. The molecule has 2 aromatic rings. The van der Waals surface area contributed by atoms with Gasteiger partial charge < -0.3 is 15.0 Å². The van der Waals surface area contributed by atoms with Crippen LogP contribution >= 0.6 is 0 Å². The minimum atomic E-state index is -0.154. The second-order valence-electron chi connectivity index (χ2n) is 7.38. The molecule has 0 saturated carbocycles. The standard InChI is InChI=1S/C22H31N5O2/c1-5-27(6-2)21(28)15-26-10-11-29-20(14-26)19-13-18(12-17(4)24-19)25-22-16(3)8-7-9-23-22/h7-9,12-13,20H,5-6,10-11,14-15H2,1-4H3,(H,23,24,25)/t20-/m1/s1. The highest BCUT2D eigenvalue weighted by Crippen LogP contribution is 2.26. The number of hydrogen-bond donors (Lipinski definition) is 1. The van der Waals surface area contributed by atoms with Crippen molar-refractivity contribution in [2.75, 3.05) is 44.6 Å². The first-order chi connectivity index (χ1) is 14.0. The van der Waals surface area contributed by atoms with Gasteiger partial charge in [0.1, 0.15) is 11.9 Å². The lowest BCUT2D eigenvalue weighted by Gasteiger charge is -2.33. The molecule has 2 aromatic heterocycles. The number of aryl methyl sites for hydroxylation is 2. The van der Waals surface area contributed by atoms with Crippen molar-refractivity contribution in [2.24, 2.45) is 0 Å². The molecule has 1 amide bonds. The number of amides is 1. The Labute approximate surface area is 173 Å². The quantitative estimate of drug-likeness (QED) is 0.774. The summed E-state index contributed by atoms with van der Waals surface area (Å²) < 4.78 is 6.00. The Bertz CT molecular complexity index is 838. The van der Waals surface area contributed by atoms with Crippen molar-refractivity contribution in [2.45, 2.75) is 33.8 Å². The molecular weight excluding hydrogens is 366 g/mol. The zero-order chi connectivity index (χ0) is 20.8. The molecule has 1 saturated heterocycles. The van der Waals surface area contributed by atoms with Crippen LogP contribution in [0.3, 0.4) is 0 Å². The van der Waals surface area contributed by atoms with Crippen LogP contribution < -0.4 is 5.32 Å². The summed E-state index contributed by atoms with van der Waals surface area (Å²) in [7, 11) is 0. The molecule has 0 aromatic carbocycles. The number of carbonyl (C=O) groups excluding carboxylic acids is 1. The van der Waals surface area contributed by atoms with Crippen LogP contribution in [0.2, 0.25) is 0 Å². The molecule has 7 nitrogen and oxygen atoms in total. The molecule has 1 N–H and O–H groups in total. The molecule has 3 rings (SSSR count). The highest BCUT2D eigenvalue weighted by atomic mass is 16.5. The van der Waals surface area contributed by atoms with Crippen LogP contribution in [0.1, 0.15) is 36.9 Å². The van der Waals surface area contributed by atoms with E-state index >= 15 is 0 Å². The number of hydrogen-bond acceptors (Lipinski definition) is 6. The van der Waals surface area contributed by atoms with Crippen LogP contribution in [0.25, 0.3) is 0 Å². The van der Waals surface area contributed by atoms with Crippen molar-refractivity contribution >= 4 is 17.4 Å². The first-order valence-electron chi connectivity index (χ1n) is 10.3. The van der Waals surface area contributed by atoms with E-state index in [2.05, 4.69) is 15.2 Å². The molecule has 1 aliphatic heterocycles. The van der Waals surface area contributed by atoms with Crippen molar-refractivity contribution in [1.82, 2.24) is 19.8 Å². The lowest BCUT2D eigenvalue weighted by atomic mass is 10.1. The van der Waals surface area contributed by atoms with Crippen molar-refractivity contribution in [3.8, 4) is 0 Å². The van der Waals surface area contributed by atoms with Gasteiger partial charge in [0, 0.05) is 43.8 Å². The summed E-state index contributed by atoms with van der Waals surface area (Å²) in [5.41, 5.74) is 3.81. The maximum atomic E-state index is 12.5. The van der Waals surface area contributed by atoms with E-state index in [9.17, 15) is 4.79 Å². The van der Waals surface area contributed by atoms with Gasteiger partial charge in [-0.05, 0) is 51.5 Å². The van der Waals surface area contributed by atoms with Crippen LogP contribution in [0.15, 0.2) is 30.5 Å². The van der Waals surface area contributed by atoms with Gasteiger partial charge in [0.2, 0.25) is 5.91 Å². The molecule has 0 radical (unpaired) electrons. The van der Waals surface area contributed by atoms with E-state index < -0.39 is 0 Å². The van der Waals surface area contributed by atoms with E-state index in [1.54, 1.807) is 6.20 Å². The number of pyridine rings is 2. The number of rotatable bonds is 7. The normalized spacial score (nSPS) is 17.2. The topological polar surface area (TPSA) is 70.6 Å². The van der Waals surface area contributed by atoms with Crippen LogP contribution in [-0.4, -0.2) is 65.0 Å². The molecular formula is C22H31N5O2. The van der Waals surface area contributed by atoms with Crippen LogP contribution in [0, 0.1) is 13.8 Å². The minimum absolute atomic E-state index is 0.154. The molecule has 1 atom stereocenters. The van der Waals surface area contributed by atoms with Gasteiger partial charge >= 0.3 is 0 Å². The molecule has 0 unspecified atom stereocenters. The number of ether oxygens (including phenoxy) is 1. The predicted molar refractivity (Wildman–Crippen MR) is 114 cm³/mol. The fourth-order valence-corrected chi connectivity index (χ4v) is 3.58. The summed E-state index contributed by atoms with van der Waals surface area (Å²) in [6.07, 6.45) is 1.62. The SMILES string of the molecule is CCN(CC)C(=O)CN1CCO[C@@H](c2cc(Nc3ncccc3C)cc(C)n2)C1. The zero-order valence-electron chi connectivity index (χ0n) is 17.8. The molecule has 0 aliphatic carbocycles. The average Bonchev–Trinajstić information content (AvgIpc) is 2.70. The summed E-state index contributed by atoms with van der Waals surface area (Å²) in [5, 5.41) is 3.39. The molecule has 156 valence electrons. The number of aromatic nitrogens is 2. The van der Waals surface area contributed by atoms with Crippen LogP contribution in [0.5, 0.6) is 0 Å². The summed E-state index contributed by atoms with van der Waals surface area (Å²) >= 11 is 0. The van der Waals surface area contributed by atoms with E-state index in [1.807, 2.05) is 56.9 Å². The Kier molecular flexibility index (Phi) is 7.17. The fourth-order valence-electron chi connectivity index (χ4n) is 3.58. The first kappa shape index (κ1) is 21.2. The van der Waals surface area contributed by atoms with Gasteiger partial charge in [-0.1, -0.05) is 6.07 Å². The zero-order valence-corrected chi connectivity index (χ0v) is 17.8. The second-order valence-corrected chi connectivity index (χ2v) is 7.38. The molecule has 1 fully saturated rings. The molecule has 7 heteroatoms. The highest BCUT2D eigenvalue weighted by molar-refractivity contribution is 5.78. The van der Waals surface area contributed by atoms with Crippen molar-refractivity contribution < 1.29 is 9.53 Å². The van der Waals surface area contributed by atoms with E-state index in [-0.39, 0.29) is 12.0 Å². The number of carbonyl (C=O) groups is 1. The number of likely N-dealkylation sites (N-methyl/N-ethyl adjacent to an activating group) is 1. The lowest BCUT2D eigenvalue weighted by molar-refractivity contribution is -0.134. The summed E-state index contributed by atoms with van der Waals surface area (Å²) in [5.74, 6) is 1.00. The van der Waals surface area contributed by atoms with Crippen LogP contribution in [-0.2, 0) is 9.53 Å². The second kappa shape index (κ2) is 9.80. The Hall–Kier alpha value is -2.51. The van der Waals surface area contributed by atoms with Gasteiger partial charge in [0.25, 0.3) is 0 Å². The number of nitrogens with one attached hydrogen (secondary N) is 1. The maximum absolute atomic E-state index is 12.5. The number of anilines is 2. The predicted octanol–water partition coefficient (Wildman–Crippen LogP) is 3.08. The molecule has 0 spiro atoms. The van der Waals surface area contributed by atoms with Crippen molar-refractivity contribution in [3.05, 3.63) is 47.4 Å². The third kappa shape index (κ3) is 5.52. The summed E-state index contributed by atoms with van der Waals surface area (Å²) in [4.78, 5) is 25.6. The van der Waals surface area contributed by atoms with Gasteiger partial charge in [-0.3, -0.25) is 14.7 Å². The molecule has 0 bridgehead atoms. The van der Waals surface area contributed by atoms with Gasteiger partial charge in [-0.2, -0.15) is 0 Å². The summed E-state index contributed by atoms with van der Waals surface area (Å²) in [6, 6.07) is 7.97. The van der Waals surface area contributed by atoms with Crippen molar-refractivity contribution in [3.63, 3.8) is 0 Å². The minimum Gasteiger partial charge on any atom is -0.369 e. The Balaban J connectivity index is 1.72. The molecule has 1 aliphatic rings. The Morgan fingerprint density at radius 2 is 2.10 bits per heavy atom. The van der Waals surface area contributed by atoms with E-state index in [0.717, 1.165) is 48.1 Å². The lowest BCUT2D eigenvalue weighted by Crippen LogP contribution is -2.45. The van der Waals surface area contributed by atoms with Gasteiger partial charge in [-0.15, -0.1) is 0 Å². The maximum Gasteiger partial charge on any atom is 0.236 e. The third-order valence-electron chi connectivity index (χ3n) is 5.20. The number of nitrogens with zero attached hydrogens (tertiary/aromatic N) is 4. The Morgan fingerprint density at radius 1 is 1.31 bits per heavy atom. The van der Waals surface area contributed by atoms with Gasteiger partial charge in [0.15, 0.2) is 0 Å². The number of morpholine rings is 1. The fraction of sp³-hybridized carbons (Fsp3) is 0.500. The average molecular weight is 398 g/mol. The van der Waals surface area contributed by atoms with Crippen molar-refractivity contribution in [1.29, 1.82) is 0 Å². The van der Waals surface area contributed by atoms with Gasteiger partial charge in [-0.25, -0.2) is 4.98 Å².